The lowest BCUT2D eigenvalue weighted by Crippen LogP contribution is -2.38. The lowest BCUT2D eigenvalue weighted by molar-refractivity contribution is -0.130. The Morgan fingerprint density at radius 3 is 2.56 bits per heavy atom. The number of rotatable bonds is 8. The maximum absolute atomic E-state index is 14.6. The normalized spacial score (nSPS) is 11.6. The third kappa shape index (κ3) is 5.18. The van der Waals surface area contributed by atoms with Gasteiger partial charge in [0.15, 0.2) is 11.6 Å². The van der Waals surface area contributed by atoms with E-state index in [2.05, 4.69) is 20.6 Å². The first-order valence-electron chi connectivity index (χ1n) is 10.2. The van der Waals surface area contributed by atoms with E-state index in [1.165, 1.54) is 18.3 Å². The third-order valence-corrected chi connectivity index (χ3v) is 4.90. The molecule has 0 bridgehead atoms. The predicted octanol–water partition coefficient (Wildman–Crippen LogP) is 3.17. The maximum atomic E-state index is 14.6. The Morgan fingerprint density at radius 1 is 1.03 bits per heavy atom. The topological polar surface area (TPSA) is 139 Å². The van der Waals surface area contributed by atoms with Crippen molar-refractivity contribution < 1.29 is 23.5 Å². The number of hydrogen-bond acceptors (Lipinski definition) is 5. The number of pyridine rings is 1. The van der Waals surface area contributed by atoms with Crippen LogP contribution >= 0.6 is 0 Å². The van der Waals surface area contributed by atoms with Crippen LogP contribution in [0, 0.1) is 5.82 Å². The average Bonchev–Trinajstić information content (AvgIpc) is 3.29. The van der Waals surface area contributed by atoms with Gasteiger partial charge in [-0.1, -0.05) is 30.3 Å². The molecule has 2 aromatic carbocycles. The molecule has 172 valence electrons. The van der Waals surface area contributed by atoms with Gasteiger partial charge in [-0.05, 0) is 29.8 Å². The van der Waals surface area contributed by atoms with E-state index >= 15 is 0 Å². The van der Waals surface area contributed by atoms with E-state index < -0.39 is 36.0 Å². The number of nitrogens with one attached hydrogen (secondary N) is 3. The molecule has 0 saturated carbocycles. The minimum absolute atomic E-state index is 0.0448. The molecule has 34 heavy (non-hydrogen) atoms. The number of fused-ring (bicyclic) bond motifs is 1. The SMILES string of the molecule is NC(=O)[C@@H](NC(=O)CC(=O)Nc1ccc(Oc2ccnc3[nH]ccc23)c(F)c1)c1ccccc1. The highest BCUT2D eigenvalue weighted by atomic mass is 19.1. The van der Waals surface area contributed by atoms with E-state index in [1.807, 2.05) is 0 Å². The summed E-state index contributed by atoms with van der Waals surface area (Å²) in [4.78, 5) is 43.3. The number of hydrogen-bond donors (Lipinski definition) is 4. The lowest BCUT2D eigenvalue weighted by Gasteiger charge is -2.16. The quantitative estimate of drug-likeness (QED) is 0.299. The Bertz CT molecular complexity index is 1360. The van der Waals surface area contributed by atoms with Gasteiger partial charge < -0.3 is 26.1 Å². The van der Waals surface area contributed by atoms with Crippen molar-refractivity contribution >= 4 is 34.4 Å². The van der Waals surface area contributed by atoms with E-state index in [1.54, 1.807) is 48.7 Å². The van der Waals surface area contributed by atoms with Crippen molar-refractivity contribution in [3.05, 3.63) is 84.4 Å². The molecule has 2 heterocycles. The van der Waals surface area contributed by atoms with Crippen LogP contribution < -0.4 is 21.1 Å². The molecule has 0 saturated heterocycles. The summed E-state index contributed by atoms with van der Waals surface area (Å²) in [6.07, 6.45) is 2.65. The number of aromatic nitrogens is 2. The van der Waals surface area contributed by atoms with Gasteiger partial charge in [0.2, 0.25) is 17.7 Å². The van der Waals surface area contributed by atoms with E-state index in [-0.39, 0.29) is 11.4 Å². The summed E-state index contributed by atoms with van der Waals surface area (Å²) in [7, 11) is 0. The van der Waals surface area contributed by atoms with Crippen LogP contribution in [0.15, 0.2) is 73.1 Å². The standard InChI is InChI=1S/C24H20FN5O4/c25-17-12-15(6-7-19(17)34-18-9-11-28-24-16(18)8-10-27-24)29-20(31)13-21(32)30-22(23(26)33)14-4-2-1-3-5-14/h1-12,22H,13H2,(H2,26,33)(H,27,28)(H,29,31)(H,30,32)/t22-/m0/s1. The molecule has 0 radical (unpaired) electrons. The summed E-state index contributed by atoms with van der Waals surface area (Å²) < 4.78 is 20.3. The van der Waals surface area contributed by atoms with Crippen LogP contribution in [-0.2, 0) is 14.4 Å². The zero-order valence-corrected chi connectivity index (χ0v) is 17.7. The molecule has 5 N–H and O–H groups in total. The number of anilines is 1. The Balaban J connectivity index is 1.37. The van der Waals surface area contributed by atoms with Crippen molar-refractivity contribution in [2.75, 3.05) is 5.32 Å². The number of carbonyl (C=O) groups is 3. The average molecular weight is 461 g/mol. The Hall–Kier alpha value is -4.73. The van der Waals surface area contributed by atoms with Gasteiger partial charge in [-0.15, -0.1) is 0 Å². The highest BCUT2D eigenvalue weighted by molar-refractivity contribution is 6.04. The number of nitrogens with zero attached hydrogens (tertiary/aromatic N) is 1. The highest BCUT2D eigenvalue weighted by Crippen LogP contribution is 2.31. The van der Waals surface area contributed by atoms with E-state index in [0.29, 0.717) is 22.3 Å². The number of primary amides is 1. The Kier molecular flexibility index (Phi) is 6.49. The molecular weight excluding hydrogens is 441 g/mol. The summed E-state index contributed by atoms with van der Waals surface area (Å²) in [5.41, 5.74) is 6.60. The van der Waals surface area contributed by atoms with Crippen molar-refractivity contribution in [3.63, 3.8) is 0 Å². The molecule has 0 aliphatic heterocycles. The fraction of sp³-hybridized carbons (Fsp3) is 0.0833. The number of aromatic amines is 1. The molecule has 0 unspecified atom stereocenters. The third-order valence-electron chi connectivity index (χ3n) is 4.90. The van der Waals surface area contributed by atoms with Crippen molar-refractivity contribution in [2.24, 2.45) is 5.73 Å². The zero-order chi connectivity index (χ0) is 24.1. The minimum Gasteiger partial charge on any atom is -0.453 e. The Morgan fingerprint density at radius 2 is 1.82 bits per heavy atom. The van der Waals surface area contributed by atoms with Crippen LogP contribution in [0.25, 0.3) is 11.0 Å². The lowest BCUT2D eigenvalue weighted by atomic mass is 10.1. The number of carbonyl (C=O) groups excluding carboxylic acids is 3. The fourth-order valence-corrected chi connectivity index (χ4v) is 3.33. The molecule has 1 atom stereocenters. The molecule has 9 nitrogen and oxygen atoms in total. The molecule has 0 aliphatic rings. The minimum atomic E-state index is -1.07. The second kappa shape index (κ2) is 9.82. The number of ether oxygens (including phenoxy) is 1. The smallest absolute Gasteiger partial charge is 0.244 e. The fourth-order valence-electron chi connectivity index (χ4n) is 3.33. The highest BCUT2D eigenvalue weighted by Gasteiger charge is 2.21. The molecule has 0 aliphatic carbocycles. The molecule has 0 spiro atoms. The summed E-state index contributed by atoms with van der Waals surface area (Å²) in [5.74, 6) is -2.49. The first kappa shape index (κ1) is 22.5. The molecule has 10 heteroatoms. The molecular formula is C24H20FN5O4. The summed E-state index contributed by atoms with van der Waals surface area (Å²) in [6.45, 7) is 0. The van der Waals surface area contributed by atoms with E-state index in [4.69, 9.17) is 10.5 Å². The first-order chi connectivity index (χ1) is 16.4. The summed E-state index contributed by atoms with van der Waals surface area (Å²) in [6, 6.07) is 14.6. The number of benzene rings is 2. The summed E-state index contributed by atoms with van der Waals surface area (Å²) >= 11 is 0. The summed E-state index contributed by atoms with van der Waals surface area (Å²) in [5, 5.41) is 5.57. The monoisotopic (exact) mass is 461 g/mol. The van der Waals surface area contributed by atoms with Gasteiger partial charge in [-0.3, -0.25) is 14.4 Å². The van der Waals surface area contributed by atoms with Crippen molar-refractivity contribution in [2.45, 2.75) is 12.5 Å². The second-order valence-corrected chi connectivity index (χ2v) is 7.33. The van der Waals surface area contributed by atoms with Gasteiger partial charge in [0.25, 0.3) is 0 Å². The van der Waals surface area contributed by atoms with Crippen LogP contribution in [0.4, 0.5) is 10.1 Å². The predicted molar refractivity (Wildman–Crippen MR) is 122 cm³/mol. The first-order valence-corrected chi connectivity index (χ1v) is 10.2. The van der Waals surface area contributed by atoms with Gasteiger partial charge >= 0.3 is 0 Å². The molecule has 0 fully saturated rings. The van der Waals surface area contributed by atoms with Gasteiger partial charge in [0, 0.05) is 24.1 Å². The maximum Gasteiger partial charge on any atom is 0.244 e. The number of halogens is 1. The second-order valence-electron chi connectivity index (χ2n) is 7.33. The number of nitrogens with two attached hydrogens (primary N) is 1. The largest absolute Gasteiger partial charge is 0.453 e. The van der Waals surface area contributed by atoms with Crippen molar-refractivity contribution in [3.8, 4) is 11.5 Å². The molecule has 4 aromatic rings. The van der Waals surface area contributed by atoms with Crippen LogP contribution in [0.1, 0.15) is 18.0 Å². The van der Waals surface area contributed by atoms with Gasteiger partial charge in [-0.2, -0.15) is 0 Å². The molecule has 4 rings (SSSR count). The van der Waals surface area contributed by atoms with Gasteiger partial charge in [-0.25, -0.2) is 9.37 Å². The van der Waals surface area contributed by atoms with Crippen LogP contribution in [0.5, 0.6) is 11.5 Å². The van der Waals surface area contributed by atoms with Crippen LogP contribution in [0.2, 0.25) is 0 Å². The van der Waals surface area contributed by atoms with E-state index in [9.17, 15) is 18.8 Å². The van der Waals surface area contributed by atoms with Crippen molar-refractivity contribution in [1.82, 2.24) is 15.3 Å². The zero-order valence-electron chi connectivity index (χ0n) is 17.7. The van der Waals surface area contributed by atoms with E-state index in [0.717, 1.165) is 6.07 Å². The van der Waals surface area contributed by atoms with Gasteiger partial charge in [0.05, 0.1) is 5.39 Å². The molecule has 2 aromatic heterocycles. The van der Waals surface area contributed by atoms with Crippen LogP contribution in [-0.4, -0.2) is 27.7 Å². The van der Waals surface area contributed by atoms with Gasteiger partial charge in [0.1, 0.15) is 23.9 Å². The number of H-pyrrole nitrogens is 1. The van der Waals surface area contributed by atoms with Crippen molar-refractivity contribution in [1.29, 1.82) is 0 Å². The molecule has 3 amide bonds. The van der Waals surface area contributed by atoms with Crippen LogP contribution in [0.3, 0.4) is 0 Å². The number of amides is 3. The Labute approximate surface area is 193 Å².